The Hall–Kier alpha value is -1.70. The Morgan fingerprint density at radius 1 is 1.33 bits per heavy atom. The number of halogens is 1. The van der Waals surface area contributed by atoms with Gasteiger partial charge >= 0.3 is 0 Å². The predicted molar refractivity (Wildman–Crippen MR) is 106 cm³/mol. The van der Waals surface area contributed by atoms with Crippen molar-refractivity contribution in [2.24, 2.45) is 0 Å². The molecule has 1 fully saturated rings. The first-order valence-corrected chi connectivity index (χ1v) is 10.7. The average Bonchev–Trinajstić information content (AvgIpc) is 2.83. The monoisotopic (exact) mass is 394 g/mol. The number of nitrogens with zero attached hydrogens (tertiary/aromatic N) is 2. The quantitative estimate of drug-likeness (QED) is 0.805. The van der Waals surface area contributed by atoms with Crippen LogP contribution >= 0.6 is 0 Å². The predicted octanol–water partition coefficient (Wildman–Crippen LogP) is 2.50. The SMILES string of the molecule is CCN(CC1=CCC(F)C=C1)C[C@]1(C)[C@@H](O)CN(c2ccccc2)S1(=O)=O. The van der Waals surface area contributed by atoms with Crippen molar-refractivity contribution in [3.8, 4) is 0 Å². The van der Waals surface area contributed by atoms with Gasteiger partial charge in [0.25, 0.3) is 0 Å². The second-order valence-corrected chi connectivity index (χ2v) is 9.72. The van der Waals surface area contributed by atoms with Crippen LogP contribution in [0.15, 0.2) is 54.1 Å². The van der Waals surface area contributed by atoms with E-state index in [0.29, 0.717) is 25.2 Å². The minimum atomic E-state index is -3.74. The second kappa shape index (κ2) is 7.73. The first-order chi connectivity index (χ1) is 12.8. The summed E-state index contributed by atoms with van der Waals surface area (Å²) >= 11 is 0. The van der Waals surface area contributed by atoms with Crippen LogP contribution in [0.5, 0.6) is 0 Å². The van der Waals surface area contributed by atoms with Crippen molar-refractivity contribution < 1.29 is 17.9 Å². The molecule has 0 saturated carbocycles. The molecule has 27 heavy (non-hydrogen) atoms. The molecule has 0 aromatic heterocycles. The highest BCUT2D eigenvalue weighted by Crippen LogP contribution is 2.37. The van der Waals surface area contributed by atoms with Crippen molar-refractivity contribution in [2.75, 3.05) is 30.5 Å². The molecule has 1 aliphatic carbocycles. The van der Waals surface area contributed by atoms with Gasteiger partial charge in [0.1, 0.15) is 10.9 Å². The normalized spacial score (nSPS) is 30.0. The van der Waals surface area contributed by atoms with Gasteiger partial charge in [-0.3, -0.25) is 9.21 Å². The minimum Gasteiger partial charge on any atom is -0.389 e. The lowest BCUT2D eigenvalue weighted by atomic mass is 10.0. The number of hydrogen-bond donors (Lipinski definition) is 1. The number of aliphatic hydroxyl groups is 1. The summed E-state index contributed by atoms with van der Waals surface area (Å²) in [6, 6.07) is 8.86. The molecule has 5 nitrogen and oxygen atoms in total. The van der Waals surface area contributed by atoms with E-state index in [1.165, 1.54) is 10.4 Å². The number of benzene rings is 1. The van der Waals surface area contributed by atoms with E-state index < -0.39 is 27.0 Å². The Morgan fingerprint density at radius 3 is 2.63 bits per heavy atom. The van der Waals surface area contributed by atoms with Crippen LogP contribution in [0, 0.1) is 0 Å². The highest BCUT2D eigenvalue weighted by Gasteiger charge is 2.56. The largest absolute Gasteiger partial charge is 0.389 e. The Bertz CT molecular complexity index is 825. The molecule has 0 bridgehead atoms. The van der Waals surface area contributed by atoms with Gasteiger partial charge in [-0.2, -0.15) is 0 Å². The standard InChI is InChI=1S/C20H27FN2O3S/c1-3-22(13-16-9-11-17(21)12-10-16)15-20(2)19(24)14-23(27(20,25)26)18-7-5-4-6-8-18/h4-11,17,19,24H,3,12-15H2,1-2H3/t17?,19-,20+/m0/s1. The van der Waals surface area contributed by atoms with Crippen molar-refractivity contribution in [1.29, 1.82) is 0 Å². The Balaban J connectivity index is 1.80. The van der Waals surface area contributed by atoms with Gasteiger partial charge in [-0.15, -0.1) is 0 Å². The summed E-state index contributed by atoms with van der Waals surface area (Å²) in [6.45, 7) is 4.99. The number of alkyl halides is 1. The average molecular weight is 395 g/mol. The highest BCUT2D eigenvalue weighted by molar-refractivity contribution is 7.94. The first-order valence-electron chi connectivity index (χ1n) is 9.27. The third kappa shape index (κ3) is 3.81. The highest BCUT2D eigenvalue weighted by atomic mass is 32.2. The molecule has 3 rings (SSSR count). The molecule has 148 valence electrons. The van der Waals surface area contributed by atoms with Crippen LogP contribution in [0.4, 0.5) is 10.1 Å². The maximum absolute atomic E-state index is 13.3. The van der Waals surface area contributed by atoms with Crippen LogP contribution in [0.25, 0.3) is 0 Å². The van der Waals surface area contributed by atoms with Gasteiger partial charge in [-0.1, -0.05) is 43.4 Å². The van der Waals surface area contributed by atoms with Gasteiger partial charge < -0.3 is 5.11 Å². The zero-order chi connectivity index (χ0) is 19.7. The lowest BCUT2D eigenvalue weighted by Gasteiger charge is -2.33. The molecule has 1 aromatic carbocycles. The molecule has 1 N–H and O–H groups in total. The van der Waals surface area contributed by atoms with Crippen LogP contribution in [0.3, 0.4) is 0 Å². The zero-order valence-electron chi connectivity index (χ0n) is 15.8. The first kappa shape index (κ1) is 20.0. The van der Waals surface area contributed by atoms with Crippen LogP contribution in [0.2, 0.25) is 0 Å². The van der Waals surface area contributed by atoms with E-state index in [2.05, 4.69) is 0 Å². The van der Waals surface area contributed by atoms with Crippen molar-refractivity contribution in [3.63, 3.8) is 0 Å². The van der Waals surface area contributed by atoms with Crippen molar-refractivity contribution in [3.05, 3.63) is 54.1 Å². The summed E-state index contributed by atoms with van der Waals surface area (Å²) in [7, 11) is -3.74. The zero-order valence-corrected chi connectivity index (χ0v) is 16.6. The Morgan fingerprint density at radius 2 is 2.04 bits per heavy atom. The molecule has 3 atom stereocenters. The third-order valence-corrected chi connectivity index (χ3v) is 8.00. The fourth-order valence-electron chi connectivity index (χ4n) is 3.63. The lowest BCUT2D eigenvalue weighted by molar-refractivity contribution is 0.125. The molecule has 1 aromatic rings. The number of likely N-dealkylation sites (N-methyl/N-ethyl adjacent to an activating group) is 1. The Kier molecular flexibility index (Phi) is 5.74. The molecule has 2 aliphatic rings. The van der Waals surface area contributed by atoms with E-state index in [1.54, 1.807) is 37.3 Å². The summed E-state index contributed by atoms with van der Waals surface area (Å²) in [5, 5.41) is 10.7. The molecule has 7 heteroatoms. The second-order valence-electron chi connectivity index (χ2n) is 7.39. The summed E-state index contributed by atoms with van der Waals surface area (Å²) < 4.78 is 39.8. The molecule has 1 unspecified atom stereocenters. The smallest absolute Gasteiger partial charge is 0.244 e. The van der Waals surface area contributed by atoms with Gasteiger partial charge in [0.05, 0.1) is 18.3 Å². The molecule has 1 saturated heterocycles. The van der Waals surface area contributed by atoms with Gasteiger partial charge in [0, 0.05) is 19.5 Å². The topological polar surface area (TPSA) is 60.9 Å². The summed E-state index contributed by atoms with van der Waals surface area (Å²) in [5.41, 5.74) is 1.54. The molecule has 0 spiro atoms. The van der Waals surface area contributed by atoms with Crippen molar-refractivity contribution >= 4 is 15.7 Å². The number of aliphatic hydroxyl groups excluding tert-OH is 1. The number of rotatable bonds is 6. The van der Waals surface area contributed by atoms with E-state index in [1.807, 2.05) is 24.0 Å². The molecule has 1 heterocycles. The van der Waals surface area contributed by atoms with Crippen LogP contribution in [-0.2, 0) is 10.0 Å². The van der Waals surface area contributed by atoms with Crippen molar-refractivity contribution in [1.82, 2.24) is 4.90 Å². The van der Waals surface area contributed by atoms with Gasteiger partial charge in [0.15, 0.2) is 0 Å². The maximum atomic E-state index is 13.3. The van der Waals surface area contributed by atoms with Crippen molar-refractivity contribution in [2.45, 2.75) is 37.3 Å². The number of β-amino-alcohol motifs (C(OH)–C–C–N with tert-alkyl or cyclic N) is 1. The van der Waals surface area contributed by atoms with Crippen LogP contribution < -0.4 is 4.31 Å². The van der Waals surface area contributed by atoms with Crippen LogP contribution in [0.1, 0.15) is 20.3 Å². The molecule has 1 aliphatic heterocycles. The van der Waals surface area contributed by atoms with Gasteiger partial charge in [0.2, 0.25) is 10.0 Å². The molecule has 0 amide bonds. The van der Waals surface area contributed by atoms with Gasteiger partial charge in [-0.25, -0.2) is 12.8 Å². The molecule has 0 radical (unpaired) electrons. The van der Waals surface area contributed by atoms with E-state index in [0.717, 1.165) is 5.57 Å². The Labute approximate surface area is 160 Å². The summed E-state index contributed by atoms with van der Waals surface area (Å²) in [5.74, 6) is 0. The summed E-state index contributed by atoms with van der Waals surface area (Å²) in [6.07, 6.45) is 3.55. The van der Waals surface area contributed by atoms with E-state index in [4.69, 9.17) is 0 Å². The van der Waals surface area contributed by atoms with Crippen LogP contribution in [-0.4, -0.2) is 61.6 Å². The minimum absolute atomic E-state index is 0.0481. The fourth-order valence-corrected chi connectivity index (χ4v) is 5.64. The molecular formula is C20H27FN2O3S. The maximum Gasteiger partial charge on any atom is 0.244 e. The number of hydrogen-bond acceptors (Lipinski definition) is 4. The molecular weight excluding hydrogens is 367 g/mol. The number of anilines is 1. The van der Waals surface area contributed by atoms with E-state index in [9.17, 15) is 17.9 Å². The third-order valence-electron chi connectivity index (χ3n) is 5.48. The number of sulfonamides is 1. The van der Waals surface area contributed by atoms with E-state index in [-0.39, 0.29) is 13.1 Å². The fraction of sp³-hybridized carbons (Fsp3) is 0.500. The lowest BCUT2D eigenvalue weighted by Crippen LogP contribution is -2.52. The van der Waals surface area contributed by atoms with E-state index >= 15 is 0 Å². The summed E-state index contributed by atoms with van der Waals surface area (Å²) in [4.78, 5) is 1.99. The number of para-hydroxylation sites is 1. The van der Waals surface area contributed by atoms with Gasteiger partial charge in [-0.05, 0) is 31.2 Å². The number of allylic oxidation sites excluding steroid dienone is 2.